The van der Waals surface area contributed by atoms with Crippen molar-refractivity contribution in [2.75, 3.05) is 24.4 Å². The molecule has 294 valence electrons. The number of carboxylic acid groups (broad SMARTS) is 1. The molecule has 1 heterocycles. The zero-order chi connectivity index (χ0) is 40.0. The highest BCUT2D eigenvalue weighted by atomic mass is 32.2. The van der Waals surface area contributed by atoms with E-state index in [0.29, 0.717) is 69.7 Å². The molecule has 0 unspecified atom stereocenters. The minimum Gasteiger partial charge on any atom is -0.480 e. The van der Waals surface area contributed by atoms with Crippen molar-refractivity contribution in [3.05, 3.63) is 40.7 Å². The lowest BCUT2D eigenvalue weighted by atomic mass is 9.71. The van der Waals surface area contributed by atoms with Crippen molar-refractivity contribution in [3.63, 3.8) is 0 Å². The number of anilines is 1. The van der Waals surface area contributed by atoms with E-state index in [1.54, 1.807) is 0 Å². The molecule has 52 heavy (non-hydrogen) atoms. The van der Waals surface area contributed by atoms with Crippen LogP contribution >= 0.6 is 0 Å². The summed E-state index contributed by atoms with van der Waals surface area (Å²) in [6, 6.07) is 4.24. The maximum absolute atomic E-state index is 13.9. The van der Waals surface area contributed by atoms with Crippen LogP contribution in [0, 0.1) is 11.3 Å². The van der Waals surface area contributed by atoms with E-state index in [-0.39, 0.29) is 41.7 Å². The zero-order valence-electron chi connectivity index (χ0n) is 29.2. The minimum absolute atomic E-state index is 0.0240. The minimum atomic E-state index is -4.82. The van der Waals surface area contributed by atoms with E-state index in [1.807, 2.05) is 13.8 Å². The Morgan fingerprint density at radius 2 is 1.56 bits per heavy atom. The third-order valence-corrected chi connectivity index (χ3v) is 8.58. The van der Waals surface area contributed by atoms with Crippen molar-refractivity contribution in [2.45, 2.75) is 89.4 Å². The molecule has 1 amide bonds. The monoisotopic (exact) mass is 784 g/mol. The molecular formula is C31H47F3N6O10S2. The fourth-order valence-electron chi connectivity index (χ4n) is 6.38. The first kappa shape index (κ1) is 44.5. The number of carbonyl (C=O) groups is 3. The summed E-state index contributed by atoms with van der Waals surface area (Å²) in [4.78, 5) is 37.2. The SMILES string of the molecule is CC1(C)CC(=O)c2c(C(F)(F)F)nn(-c3ccc(C(N)=O)c(N[C@H]4CC[C@H]([C@@](N)(CCCCN)C(=O)O)CC4)c3)c2C1.CS(=O)(=O)O.CS(=O)(=O)O. The summed E-state index contributed by atoms with van der Waals surface area (Å²) in [7, 11) is -7.33. The van der Waals surface area contributed by atoms with Gasteiger partial charge >= 0.3 is 12.1 Å². The molecule has 1 aromatic heterocycles. The Hall–Kier alpha value is -3.63. The number of aliphatic carboxylic acids is 1. The lowest BCUT2D eigenvalue weighted by molar-refractivity contribution is -0.146. The number of fused-ring (bicyclic) bond motifs is 1. The van der Waals surface area contributed by atoms with Crippen LogP contribution in [0.5, 0.6) is 0 Å². The van der Waals surface area contributed by atoms with Crippen molar-refractivity contribution < 1.29 is 58.6 Å². The lowest BCUT2D eigenvalue weighted by Gasteiger charge is -2.39. The highest BCUT2D eigenvalue weighted by Crippen LogP contribution is 2.42. The Morgan fingerprint density at radius 1 is 1.02 bits per heavy atom. The van der Waals surface area contributed by atoms with E-state index in [2.05, 4.69) is 10.4 Å². The van der Waals surface area contributed by atoms with Gasteiger partial charge in [-0.1, -0.05) is 13.8 Å². The predicted molar refractivity (Wildman–Crippen MR) is 185 cm³/mol. The number of hydrogen-bond donors (Lipinski definition) is 7. The van der Waals surface area contributed by atoms with Crippen molar-refractivity contribution in [3.8, 4) is 5.69 Å². The number of ketones is 1. The van der Waals surface area contributed by atoms with Crippen LogP contribution in [0.3, 0.4) is 0 Å². The van der Waals surface area contributed by atoms with Crippen molar-refractivity contribution in [2.24, 2.45) is 28.5 Å². The third kappa shape index (κ3) is 13.1. The summed E-state index contributed by atoms with van der Waals surface area (Å²) in [5.74, 6) is -2.62. The number of primary amides is 1. The van der Waals surface area contributed by atoms with Crippen LogP contribution in [-0.2, 0) is 37.6 Å². The molecule has 0 spiro atoms. The largest absolute Gasteiger partial charge is 0.480 e. The van der Waals surface area contributed by atoms with E-state index in [1.165, 1.54) is 18.2 Å². The molecule has 1 saturated carbocycles. The molecule has 10 N–H and O–H groups in total. The van der Waals surface area contributed by atoms with E-state index in [0.717, 1.165) is 4.68 Å². The zero-order valence-corrected chi connectivity index (χ0v) is 30.9. The first-order valence-corrected chi connectivity index (χ1v) is 19.8. The van der Waals surface area contributed by atoms with Crippen LogP contribution in [0.25, 0.3) is 5.69 Å². The number of Topliss-reactive ketones (excluding diaryl/α,β-unsaturated/α-hetero) is 1. The summed E-state index contributed by atoms with van der Waals surface area (Å²) in [5.41, 5.74) is 14.9. The number of rotatable bonds is 10. The fraction of sp³-hybridized carbons (Fsp3) is 0.613. The standard InChI is InChI=1S/C29H39F3N6O4.2CH4O3S/c1-27(2)14-21-23(22(39)15-27)24(29(30,31)32)37-38(21)18-9-10-19(25(34)40)20(13-18)36-17-7-5-16(6-8-17)28(35,26(41)42)11-3-4-12-33;2*1-5(2,3)4/h9-10,13,16-17,36H,3-8,11-12,14-15,33,35H2,1-2H3,(H2,34,40)(H,41,42);2*1H3,(H,2,3,4)/t16-,17-,28-;;/m0../s1. The van der Waals surface area contributed by atoms with Gasteiger partial charge in [0, 0.05) is 18.2 Å². The molecule has 1 atom stereocenters. The molecule has 2 aliphatic carbocycles. The van der Waals surface area contributed by atoms with Crippen LogP contribution in [-0.4, -0.2) is 89.1 Å². The Kier molecular flexibility index (Phi) is 14.6. The average Bonchev–Trinajstić information content (AvgIpc) is 3.35. The van der Waals surface area contributed by atoms with E-state index in [4.69, 9.17) is 26.3 Å². The predicted octanol–water partition coefficient (Wildman–Crippen LogP) is 3.03. The molecule has 16 nitrogen and oxygen atoms in total. The number of aromatic nitrogens is 2. The highest BCUT2D eigenvalue weighted by molar-refractivity contribution is 7.85. The van der Waals surface area contributed by atoms with Gasteiger partial charge in [0.1, 0.15) is 5.54 Å². The molecule has 2 aromatic rings. The molecule has 21 heteroatoms. The van der Waals surface area contributed by atoms with E-state index >= 15 is 0 Å². The normalized spacial score (nSPS) is 19.9. The van der Waals surface area contributed by atoms with Crippen LogP contribution in [0.4, 0.5) is 18.9 Å². The first-order chi connectivity index (χ1) is 23.6. The number of alkyl halides is 3. The summed E-state index contributed by atoms with van der Waals surface area (Å²) in [6.07, 6.45) is 0.610. The molecule has 1 aromatic carbocycles. The molecule has 2 aliphatic rings. The smallest absolute Gasteiger partial charge is 0.435 e. The number of carbonyl (C=O) groups excluding carboxylic acids is 2. The van der Waals surface area contributed by atoms with Gasteiger partial charge in [-0.05, 0) is 87.4 Å². The Balaban J connectivity index is 0.000000825. The van der Waals surface area contributed by atoms with Crippen molar-refractivity contribution in [1.82, 2.24) is 9.78 Å². The number of nitrogens with zero attached hydrogens (tertiary/aromatic N) is 2. The second-order valence-corrected chi connectivity index (χ2v) is 16.8. The maximum Gasteiger partial charge on any atom is 0.435 e. The van der Waals surface area contributed by atoms with Crippen LogP contribution < -0.4 is 22.5 Å². The molecule has 1 fully saturated rings. The van der Waals surface area contributed by atoms with Gasteiger partial charge in [-0.3, -0.25) is 23.5 Å². The number of nitrogens with two attached hydrogens (primary N) is 3. The average molecular weight is 785 g/mol. The molecule has 0 bridgehead atoms. The van der Waals surface area contributed by atoms with Gasteiger partial charge in [-0.25, -0.2) is 4.68 Å². The van der Waals surface area contributed by atoms with Gasteiger partial charge in [-0.2, -0.15) is 35.1 Å². The molecule has 4 rings (SSSR count). The number of unbranched alkanes of at least 4 members (excludes halogenated alkanes) is 1. The Morgan fingerprint density at radius 3 is 2.02 bits per heavy atom. The summed E-state index contributed by atoms with van der Waals surface area (Å²) in [5, 5.41) is 17.0. The summed E-state index contributed by atoms with van der Waals surface area (Å²) >= 11 is 0. The maximum atomic E-state index is 13.9. The second kappa shape index (κ2) is 17.0. The molecule has 0 radical (unpaired) electrons. The highest BCUT2D eigenvalue weighted by Gasteiger charge is 2.46. The van der Waals surface area contributed by atoms with Crippen molar-refractivity contribution >= 4 is 43.6 Å². The Labute approximate surface area is 300 Å². The van der Waals surface area contributed by atoms with Gasteiger partial charge in [-0.15, -0.1) is 0 Å². The third-order valence-electron chi connectivity index (χ3n) is 8.58. The second-order valence-electron chi connectivity index (χ2n) is 13.9. The number of nitrogens with one attached hydrogen (secondary N) is 1. The number of amides is 1. The van der Waals surface area contributed by atoms with Crippen molar-refractivity contribution in [1.29, 1.82) is 0 Å². The van der Waals surface area contributed by atoms with Gasteiger partial charge in [0.25, 0.3) is 26.1 Å². The Bertz CT molecular complexity index is 1800. The van der Waals surface area contributed by atoms with Crippen LogP contribution in [0.2, 0.25) is 0 Å². The van der Waals surface area contributed by atoms with Crippen LogP contribution in [0.1, 0.15) is 97.3 Å². The first-order valence-electron chi connectivity index (χ1n) is 16.1. The molecule has 0 saturated heterocycles. The van der Waals surface area contributed by atoms with E-state index in [9.17, 15) is 49.5 Å². The quantitative estimate of drug-likeness (QED) is 0.135. The van der Waals surface area contributed by atoms with Gasteiger partial charge in [0.15, 0.2) is 11.5 Å². The summed E-state index contributed by atoms with van der Waals surface area (Å²) < 4.78 is 94.7. The number of halogens is 3. The lowest BCUT2D eigenvalue weighted by Crippen LogP contribution is -2.55. The van der Waals surface area contributed by atoms with Gasteiger partial charge in [0.2, 0.25) is 0 Å². The summed E-state index contributed by atoms with van der Waals surface area (Å²) in [6.45, 7) is 4.09. The van der Waals surface area contributed by atoms with Crippen LogP contribution in [0.15, 0.2) is 18.2 Å². The fourth-order valence-corrected chi connectivity index (χ4v) is 6.38. The number of carboxylic acids is 1. The number of benzene rings is 1. The molecular weight excluding hydrogens is 738 g/mol. The van der Waals surface area contributed by atoms with Gasteiger partial charge in [0.05, 0.1) is 35.0 Å². The molecule has 0 aliphatic heterocycles. The van der Waals surface area contributed by atoms with Gasteiger partial charge < -0.3 is 27.6 Å². The number of hydrogen-bond acceptors (Lipinski definition) is 11. The topological polar surface area (TPSA) is 288 Å². The van der Waals surface area contributed by atoms with E-state index < -0.39 is 66.3 Å².